The number of fused-ring (bicyclic) bond motifs is 1. The molecular formula is C23H21N3O3S. The highest BCUT2D eigenvalue weighted by Crippen LogP contribution is 2.27. The van der Waals surface area contributed by atoms with E-state index in [1.165, 1.54) is 11.8 Å². The van der Waals surface area contributed by atoms with Gasteiger partial charge in [-0.25, -0.2) is 0 Å². The van der Waals surface area contributed by atoms with E-state index >= 15 is 0 Å². The maximum absolute atomic E-state index is 11.8. The lowest BCUT2D eigenvalue weighted by molar-refractivity contribution is -0.139. The van der Waals surface area contributed by atoms with E-state index in [0.29, 0.717) is 17.6 Å². The Balaban J connectivity index is 1.60. The van der Waals surface area contributed by atoms with E-state index < -0.39 is 0 Å². The lowest BCUT2D eigenvalue weighted by Crippen LogP contribution is -2.09. The van der Waals surface area contributed by atoms with Crippen LogP contribution >= 0.6 is 11.8 Å². The molecule has 0 bridgehead atoms. The van der Waals surface area contributed by atoms with Gasteiger partial charge in [0, 0.05) is 11.1 Å². The molecule has 0 spiro atoms. The van der Waals surface area contributed by atoms with E-state index in [2.05, 4.69) is 22.3 Å². The van der Waals surface area contributed by atoms with Crippen molar-refractivity contribution in [3.8, 4) is 11.4 Å². The standard InChI is InChI=1S/C23H21N3O3S/c1-2-28-22(27)16-30-23-25-24-21(26(23)18-11-4-3-5-12-18)15-29-20-14-8-10-17-9-6-7-13-19(17)20/h3-14H,2,15-16H2,1H3. The van der Waals surface area contributed by atoms with E-state index in [4.69, 9.17) is 9.47 Å². The summed E-state index contributed by atoms with van der Waals surface area (Å²) in [5.74, 6) is 1.33. The number of esters is 1. The van der Waals surface area contributed by atoms with Gasteiger partial charge in [-0.2, -0.15) is 0 Å². The molecule has 0 amide bonds. The third-order valence-electron chi connectivity index (χ3n) is 4.45. The van der Waals surface area contributed by atoms with Gasteiger partial charge in [-0.05, 0) is 30.5 Å². The molecule has 152 valence electrons. The fourth-order valence-electron chi connectivity index (χ4n) is 3.11. The zero-order chi connectivity index (χ0) is 20.8. The zero-order valence-electron chi connectivity index (χ0n) is 16.5. The maximum Gasteiger partial charge on any atom is 0.316 e. The number of benzene rings is 3. The highest BCUT2D eigenvalue weighted by atomic mass is 32.2. The Morgan fingerprint density at radius 1 is 0.967 bits per heavy atom. The van der Waals surface area contributed by atoms with Crippen molar-refractivity contribution in [1.82, 2.24) is 14.8 Å². The predicted molar refractivity (Wildman–Crippen MR) is 117 cm³/mol. The summed E-state index contributed by atoms with van der Waals surface area (Å²) >= 11 is 1.29. The molecule has 0 aliphatic rings. The number of hydrogen-bond donors (Lipinski definition) is 0. The second-order valence-corrected chi connectivity index (χ2v) is 7.37. The molecule has 0 saturated heterocycles. The number of rotatable bonds is 8. The monoisotopic (exact) mass is 419 g/mol. The SMILES string of the molecule is CCOC(=O)CSc1nnc(COc2cccc3ccccc23)n1-c1ccccc1. The summed E-state index contributed by atoms with van der Waals surface area (Å²) in [7, 11) is 0. The van der Waals surface area contributed by atoms with Gasteiger partial charge in [-0.3, -0.25) is 9.36 Å². The summed E-state index contributed by atoms with van der Waals surface area (Å²) in [5.41, 5.74) is 0.908. The Morgan fingerprint density at radius 2 is 1.73 bits per heavy atom. The van der Waals surface area contributed by atoms with Crippen molar-refractivity contribution in [2.24, 2.45) is 0 Å². The van der Waals surface area contributed by atoms with Crippen LogP contribution in [0.4, 0.5) is 0 Å². The summed E-state index contributed by atoms with van der Waals surface area (Å²) in [6, 6.07) is 23.9. The average Bonchev–Trinajstić information content (AvgIpc) is 3.20. The number of thioether (sulfide) groups is 1. The lowest BCUT2D eigenvalue weighted by Gasteiger charge is -2.12. The fourth-order valence-corrected chi connectivity index (χ4v) is 3.88. The van der Waals surface area contributed by atoms with Crippen LogP contribution in [0.3, 0.4) is 0 Å². The second-order valence-electron chi connectivity index (χ2n) is 6.43. The number of carbonyl (C=O) groups is 1. The van der Waals surface area contributed by atoms with Crippen LogP contribution in [0.25, 0.3) is 16.5 Å². The van der Waals surface area contributed by atoms with Gasteiger partial charge in [0.15, 0.2) is 11.0 Å². The van der Waals surface area contributed by atoms with Crippen LogP contribution in [0.15, 0.2) is 78.0 Å². The summed E-state index contributed by atoms with van der Waals surface area (Å²) < 4.78 is 13.1. The molecule has 6 nitrogen and oxygen atoms in total. The van der Waals surface area contributed by atoms with Crippen molar-refractivity contribution < 1.29 is 14.3 Å². The molecule has 30 heavy (non-hydrogen) atoms. The van der Waals surface area contributed by atoms with Crippen molar-refractivity contribution in [2.45, 2.75) is 18.7 Å². The maximum atomic E-state index is 11.8. The topological polar surface area (TPSA) is 66.2 Å². The second kappa shape index (κ2) is 9.45. The van der Waals surface area contributed by atoms with Gasteiger partial charge < -0.3 is 9.47 Å². The van der Waals surface area contributed by atoms with Crippen LogP contribution < -0.4 is 4.74 Å². The highest BCUT2D eigenvalue weighted by molar-refractivity contribution is 7.99. The molecule has 7 heteroatoms. The molecule has 0 N–H and O–H groups in total. The molecule has 4 aromatic rings. The lowest BCUT2D eigenvalue weighted by atomic mass is 10.1. The van der Waals surface area contributed by atoms with Gasteiger partial charge in [0.2, 0.25) is 0 Å². The molecule has 0 unspecified atom stereocenters. The van der Waals surface area contributed by atoms with E-state index in [1.54, 1.807) is 6.92 Å². The van der Waals surface area contributed by atoms with Gasteiger partial charge in [0.05, 0.1) is 12.4 Å². The number of nitrogens with zero attached hydrogens (tertiary/aromatic N) is 3. The Hall–Kier alpha value is -3.32. The summed E-state index contributed by atoms with van der Waals surface area (Å²) in [6.45, 7) is 2.39. The predicted octanol–water partition coefficient (Wildman–Crippen LogP) is 4.65. The van der Waals surface area contributed by atoms with Gasteiger partial charge in [-0.15, -0.1) is 10.2 Å². The first-order valence-corrected chi connectivity index (χ1v) is 10.6. The molecule has 1 heterocycles. The number of ether oxygens (including phenoxy) is 2. The van der Waals surface area contributed by atoms with Crippen molar-refractivity contribution in [3.05, 3.63) is 78.6 Å². The van der Waals surface area contributed by atoms with Crippen LogP contribution in [0.1, 0.15) is 12.7 Å². The van der Waals surface area contributed by atoms with Crippen molar-refractivity contribution >= 4 is 28.5 Å². The third kappa shape index (κ3) is 4.46. The average molecular weight is 420 g/mol. The molecule has 0 aliphatic heterocycles. The van der Waals surface area contributed by atoms with E-state index in [1.807, 2.05) is 65.2 Å². The Labute approximate surface area is 178 Å². The smallest absolute Gasteiger partial charge is 0.316 e. The summed E-state index contributed by atoms with van der Waals surface area (Å²) in [5, 5.41) is 11.4. The van der Waals surface area contributed by atoms with Gasteiger partial charge >= 0.3 is 5.97 Å². The van der Waals surface area contributed by atoms with Crippen LogP contribution in [0, 0.1) is 0 Å². The fraction of sp³-hybridized carbons (Fsp3) is 0.174. The normalized spacial score (nSPS) is 10.8. The Kier molecular flexibility index (Phi) is 6.29. The molecule has 0 saturated carbocycles. The third-order valence-corrected chi connectivity index (χ3v) is 5.35. The molecule has 4 rings (SSSR count). The zero-order valence-corrected chi connectivity index (χ0v) is 17.3. The molecule has 0 aliphatic carbocycles. The quantitative estimate of drug-likeness (QED) is 0.306. The molecule has 0 fully saturated rings. The molecular weight excluding hydrogens is 398 g/mol. The van der Waals surface area contributed by atoms with Crippen LogP contribution in [0.2, 0.25) is 0 Å². The first-order chi connectivity index (χ1) is 14.8. The van der Waals surface area contributed by atoms with E-state index in [-0.39, 0.29) is 18.3 Å². The van der Waals surface area contributed by atoms with Crippen LogP contribution in [-0.2, 0) is 16.1 Å². The molecule has 0 atom stereocenters. The largest absolute Gasteiger partial charge is 0.485 e. The van der Waals surface area contributed by atoms with Gasteiger partial charge in [0.1, 0.15) is 12.4 Å². The van der Waals surface area contributed by atoms with Gasteiger partial charge in [0.25, 0.3) is 0 Å². The summed E-state index contributed by atoms with van der Waals surface area (Å²) in [6.07, 6.45) is 0. The van der Waals surface area contributed by atoms with Crippen molar-refractivity contribution in [1.29, 1.82) is 0 Å². The minimum absolute atomic E-state index is 0.170. The minimum Gasteiger partial charge on any atom is -0.485 e. The Morgan fingerprint density at radius 3 is 2.57 bits per heavy atom. The first-order valence-electron chi connectivity index (χ1n) is 9.65. The first kappa shape index (κ1) is 20.0. The molecule has 0 radical (unpaired) electrons. The van der Waals surface area contributed by atoms with Crippen molar-refractivity contribution in [2.75, 3.05) is 12.4 Å². The van der Waals surface area contributed by atoms with Crippen molar-refractivity contribution in [3.63, 3.8) is 0 Å². The van der Waals surface area contributed by atoms with Crippen LogP contribution in [0.5, 0.6) is 5.75 Å². The Bertz CT molecular complexity index is 1140. The number of para-hydroxylation sites is 1. The molecule has 3 aromatic carbocycles. The van der Waals surface area contributed by atoms with Gasteiger partial charge in [-0.1, -0.05) is 66.4 Å². The number of hydrogen-bond acceptors (Lipinski definition) is 6. The van der Waals surface area contributed by atoms with E-state index in [9.17, 15) is 4.79 Å². The summed E-state index contributed by atoms with van der Waals surface area (Å²) in [4.78, 5) is 11.8. The molecule has 1 aromatic heterocycles. The number of aromatic nitrogens is 3. The highest BCUT2D eigenvalue weighted by Gasteiger charge is 2.17. The van der Waals surface area contributed by atoms with Crippen LogP contribution in [-0.4, -0.2) is 33.1 Å². The number of carbonyl (C=O) groups excluding carboxylic acids is 1. The minimum atomic E-state index is -0.279. The van der Waals surface area contributed by atoms with E-state index in [0.717, 1.165) is 22.2 Å².